The number of aromatic amines is 1. The quantitative estimate of drug-likeness (QED) is 0.639. The second-order valence-corrected chi connectivity index (χ2v) is 7.90. The molecule has 122 valence electrons. The van der Waals surface area contributed by atoms with Gasteiger partial charge in [-0.1, -0.05) is 20.8 Å². The third-order valence-electron chi connectivity index (χ3n) is 3.09. The molecule has 1 rings (SSSR count). The zero-order valence-electron chi connectivity index (χ0n) is 13.4. The van der Waals surface area contributed by atoms with Crippen LogP contribution in [-0.2, 0) is 16.6 Å². The maximum Gasteiger partial charge on any atom is 0.244 e. The van der Waals surface area contributed by atoms with Crippen molar-refractivity contribution in [2.24, 2.45) is 0 Å². The van der Waals surface area contributed by atoms with E-state index in [-0.39, 0.29) is 17.0 Å². The van der Waals surface area contributed by atoms with Crippen LogP contribution in [0.25, 0.3) is 0 Å². The van der Waals surface area contributed by atoms with Crippen molar-refractivity contribution in [1.82, 2.24) is 20.2 Å². The zero-order chi connectivity index (χ0) is 16.0. The van der Waals surface area contributed by atoms with Crippen LogP contribution in [0.4, 0.5) is 0 Å². The van der Waals surface area contributed by atoms with Crippen LogP contribution in [0, 0.1) is 6.92 Å². The lowest BCUT2D eigenvalue weighted by molar-refractivity contribution is 0.549. The second kappa shape index (κ2) is 8.17. The minimum Gasteiger partial charge on any atom is -0.309 e. The Morgan fingerprint density at radius 3 is 2.57 bits per heavy atom. The van der Waals surface area contributed by atoms with E-state index in [2.05, 4.69) is 20.2 Å². The summed E-state index contributed by atoms with van der Waals surface area (Å²) in [6.45, 7) is 8.16. The largest absolute Gasteiger partial charge is 0.309 e. The monoisotopic (exact) mass is 334 g/mol. The van der Waals surface area contributed by atoms with Crippen molar-refractivity contribution >= 4 is 21.8 Å². The van der Waals surface area contributed by atoms with E-state index in [1.54, 1.807) is 18.7 Å². The molecule has 0 saturated heterocycles. The van der Waals surface area contributed by atoms with Crippen LogP contribution in [0.1, 0.15) is 38.6 Å². The van der Waals surface area contributed by atoms with E-state index in [9.17, 15) is 8.42 Å². The van der Waals surface area contributed by atoms with Crippen LogP contribution in [0.3, 0.4) is 0 Å². The van der Waals surface area contributed by atoms with Gasteiger partial charge in [-0.15, -0.1) is 0 Å². The maximum absolute atomic E-state index is 12.6. The Bertz CT molecular complexity index is 540. The number of hydrogen-bond donors (Lipinski definition) is 3. The Hall–Kier alpha value is -0.570. The maximum atomic E-state index is 12.6. The zero-order valence-corrected chi connectivity index (χ0v) is 15.0. The predicted octanol–water partition coefficient (Wildman–Crippen LogP) is 1.64. The first-order valence-corrected chi connectivity index (χ1v) is 9.98. The van der Waals surface area contributed by atoms with E-state index in [0.717, 1.165) is 12.2 Å². The molecule has 1 aromatic heterocycles. The number of nitrogens with zero attached hydrogens (tertiary/aromatic N) is 1. The average Bonchev–Trinajstić information content (AvgIpc) is 2.77. The molecule has 21 heavy (non-hydrogen) atoms. The average molecular weight is 335 g/mol. The molecular formula is C13H26N4O2S2. The van der Waals surface area contributed by atoms with Gasteiger partial charge in [-0.3, -0.25) is 5.10 Å². The van der Waals surface area contributed by atoms with E-state index >= 15 is 0 Å². The number of hydrogen-bond acceptors (Lipinski definition) is 5. The highest BCUT2D eigenvalue weighted by molar-refractivity contribution is 7.98. The molecule has 6 nitrogen and oxygen atoms in total. The number of rotatable bonds is 9. The standard InChI is InChI=1S/C13H26N4O2S2/c1-6-11(8-20-5)17-21(18,19)13-10(4)15-16-12(13)7-14-9(2)3/h9,11,14,17H,6-8H2,1-5H3,(H,15,16). The summed E-state index contributed by atoms with van der Waals surface area (Å²) < 4.78 is 28.0. The van der Waals surface area contributed by atoms with Gasteiger partial charge in [0, 0.05) is 24.4 Å². The number of sulfonamides is 1. The molecule has 1 atom stereocenters. The van der Waals surface area contributed by atoms with Gasteiger partial charge in [-0.25, -0.2) is 13.1 Å². The highest BCUT2D eigenvalue weighted by Gasteiger charge is 2.26. The molecule has 1 aromatic rings. The minimum absolute atomic E-state index is 0.0646. The van der Waals surface area contributed by atoms with Crippen molar-refractivity contribution in [3.63, 3.8) is 0 Å². The normalized spacial score (nSPS) is 13.8. The molecule has 0 aliphatic heterocycles. The SMILES string of the molecule is CCC(CSC)NS(=O)(=O)c1c(CNC(C)C)n[nH]c1C. The Morgan fingerprint density at radius 1 is 1.38 bits per heavy atom. The van der Waals surface area contributed by atoms with Crippen molar-refractivity contribution in [2.75, 3.05) is 12.0 Å². The van der Waals surface area contributed by atoms with Gasteiger partial charge in [0.2, 0.25) is 10.0 Å². The predicted molar refractivity (Wildman–Crippen MR) is 88.1 cm³/mol. The van der Waals surface area contributed by atoms with Gasteiger partial charge < -0.3 is 5.32 Å². The van der Waals surface area contributed by atoms with E-state index in [1.807, 2.05) is 27.0 Å². The molecule has 0 bridgehead atoms. The Morgan fingerprint density at radius 2 is 2.05 bits per heavy atom. The topological polar surface area (TPSA) is 86.9 Å². The molecule has 0 aromatic carbocycles. The molecule has 8 heteroatoms. The van der Waals surface area contributed by atoms with Gasteiger partial charge in [0.05, 0.1) is 11.4 Å². The summed E-state index contributed by atoms with van der Waals surface area (Å²) in [6, 6.07) is 0.204. The van der Waals surface area contributed by atoms with Crippen LogP contribution >= 0.6 is 11.8 Å². The van der Waals surface area contributed by atoms with E-state index in [1.165, 1.54) is 0 Å². The summed E-state index contributed by atoms with van der Waals surface area (Å²) in [7, 11) is -3.56. The van der Waals surface area contributed by atoms with Gasteiger partial charge in [-0.2, -0.15) is 16.9 Å². The van der Waals surface area contributed by atoms with E-state index in [4.69, 9.17) is 0 Å². The summed E-state index contributed by atoms with van der Waals surface area (Å²) in [5, 5.41) is 10.1. The van der Waals surface area contributed by atoms with Gasteiger partial charge in [0.25, 0.3) is 0 Å². The summed E-state index contributed by atoms with van der Waals surface area (Å²) in [4.78, 5) is 0.273. The Kier molecular flexibility index (Phi) is 7.19. The third kappa shape index (κ3) is 5.28. The number of aromatic nitrogens is 2. The first-order valence-electron chi connectivity index (χ1n) is 7.10. The lowest BCUT2D eigenvalue weighted by atomic mass is 10.3. The van der Waals surface area contributed by atoms with Crippen molar-refractivity contribution in [2.45, 2.75) is 57.6 Å². The lowest BCUT2D eigenvalue weighted by Gasteiger charge is -2.16. The van der Waals surface area contributed by atoms with Gasteiger partial charge >= 0.3 is 0 Å². The molecule has 0 aliphatic rings. The fraction of sp³-hybridized carbons (Fsp3) is 0.769. The van der Waals surface area contributed by atoms with Gasteiger partial charge in [0.15, 0.2) is 0 Å². The molecule has 1 unspecified atom stereocenters. The molecule has 0 saturated carbocycles. The minimum atomic E-state index is -3.56. The van der Waals surface area contributed by atoms with Crippen LogP contribution in [0.15, 0.2) is 4.90 Å². The van der Waals surface area contributed by atoms with E-state index in [0.29, 0.717) is 17.9 Å². The smallest absolute Gasteiger partial charge is 0.244 e. The van der Waals surface area contributed by atoms with Crippen LogP contribution in [-0.4, -0.2) is 42.7 Å². The van der Waals surface area contributed by atoms with Crippen LogP contribution < -0.4 is 10.0 Å². The number of thioether (sulfide) groups is 1. The highest BCUT2D eigenvalue weighted by Crippen LogP contribution is 2.19. The number of H-pyrrole nitrogens is 1. The van der Waals surface area contributed by atoms with Crippen molar-refractivity contribution in [3.8, 4) is 0 Å². The molecule has 0 fully saturated rings. The lowest BCUT2D eigenvalue weighted by Crippen LogP contribution is -2.37. The molecular weight excluding hydrogens is 308 g/mol. The number of aryl methyl sites for hydroxylation is 1. The first kappa shape index (κ1) is 18.5. The van der Waals surface area contributed by atoms with Gasteiger partial charge in [0.1, 0.15) is 4.90 Å². The molecule has 0 radical (unpaired) electrons. The molecule has 0 amide bonds. The summed E-state index contributed by atoms with van der Waals surface area (Å²) >= 11 is 1.63. The fourth-order valence-corrected chi connectivity index (χ4v) is 4.47. The van der Waals surface area contributed by atoms with E-state index < -0.39 is 10.0 Å². The first-order chi connectivity index (χ1) is 9.81. The summed E-state index contributed by atoms with van der Waals surface area (Å²) in [6.07, 6.45) is 2.73. The second-order valence-electron chi connectivity index (χ2n) is 5.34. The van der Waals surface area contributed by atoms with Crippen LogP contribution in [0.5, 0.6) is 0 Å². The van der Waals surface area contributed by atoms with Crippen LogP contribution in [0.2, 0.25) is 0 Å². The van der Waals surface area contributed by atoms with Crippen molar-refractivity contribution in [3.05, 3.63) is 11.4 Å². The molecule has 3 N–H and O–H groups in total. The molecule has 0 aliphatic carbocycles. The Labute approximate surface area is 131 Å². The highest BCUT2D eigenvalue weighted by atomic mass is 32.2. The molecule has 0 spiro atoms. The number of nitrogens with one attached hydrogen (secondary N) is 3. The Balaban J connectivity index is 2.99. The van der Waals surface area contributed by atoms with Gasteiger partial charge in [-0.05, 0) is 19.6 Å². The van der Waals surface area contributed by atoms with Crippen molar-refractivity contribution in [1.29, 1.82) is 0 Å². The fourth-order valence-electron chi connectivity index (χ4n) is 1.96. The van der Waals surface area contributed by atoms with Crippen molar-refractivity contribution < 1.29 is 8.42 Å². The third-order valence-corrected chi connectivity index (χ3v) is 5.55. The summed E-state index contributed by atoms with van der Waals surface area (Å²) in [5.74, 6) is 0.756. The molecule has 1 heterocycles. The summed E-state index contributed by atoms with van der Waals surface area (Å²) in [5.41, 5.74) is 1.11.